The van der Waals surface area contributed by atoms with E-state index in [1.165, 1.54) is 0 Å². The number of hydrogen-bond donors (Lipinski definition) is 1. The molecule has 1 aromatic carbocycles. The number of thioether (sulfide) groups is 1. The van der Waals surface area contributed by atoms with Crippen LogP contribution in [0.3, 0.4) is 0 Å². The first-order valence-corrected chi connectivity index (χ1v) is 6.73. The van der Waals surface area contributed by atoms with Crippen LogP contribution in [0.15, 0.2) is 24.3 Å². The number of phenolic OH excluding ortho intramolecular Hbond substituents is 1. The van der Waals surface area contributed by atoms with Gasteiger partial charge < -0.3 is 10.0 Å². The van der Waals surface area contributed by atoms with Crippen LogP contribution in [0.1, 0.15) is 19.8 Å². The first kappa shape index (κ1) is 12.3. The zero-order valence-electron chi connectivity index (χ0n) is 10.1. The normalized spacial score (nSPS) is 23.6. The highest BCUT2D eigenvalue weighted by Gasteiger charge is 2.39. The number of benzene rings is 1. The largest absolute Gasteiger partial charge is 0.508 e. The van der Waals surface area contributed by atoms with Crippen LogP contribution in [0.2, 0.25) is 0 Å². The molecule has 1 aromatic rings. The summed E-state index contributed by atoms with van der Waals surface area (Å²) in [7, 11) is 1.79. The summed E-state index contributed by atoms with van der Waals surface area (Å²) in [6.45, 7) is 2.02. The number of hydrogen-bond acceptors (Lipinski definition) is 3. The number of phenols is 1. The maximum absolute atomic E-state index is 12.4. The van der Waals surface area contributed by atoms with Crippen LogP contribution in [0.25, 0.3) is 0 Å². The molecule has 0 saturated carbocycles. The van der Waals surface area contributed by atoms with Gasteiger partial charge in [0.05, 0.1) is 4.75 Å². The smallest absolute Gasteiger partial charge is 0.242 e. The number of amides is 1. The van der Waals surface area contributed by atoms with Crippen molar-refractivity contribution in [3.05, 3.63) is 24.3 Å². The molecule has 1 atom stereocenters. The lowest BCUT2D eigenvalue weighted by Crippen LogP contribution is -2.41. The van der Waals surface area contributed by atoms with Crippen LogP contribution in [-0.2, 0) is 4.79 Å². The number of aromatic hydroxyl groups is 1. The van der Waals surface area contributed by atoms with Crippen molar-refractivity contribution >= 4 is 23.4 Å². The second-order valence-electron chi connectivity index (χ2n) is 4.56. The Bertz CT molecular complexity index is 410. The van der Waals surface area contributed by atoms with Crippen molar-refractivity contribution in [1.29, 1.82) is 0 Å². The Morgan fingerprint density at radius 3 is 2.59 bits per heavy atom. The van der Waals surface area contributed by atoms with E-state index < -0.39 is 0 Å². The Labute approximate surface area is 106 Å². The van der Waals surface area contributed by atoms with Gasteiger partial charge in [0.15, 0.2) is 0 Å². The topological polar surface area (TPSA) is 40.5 Å². The molecule has 1 amide bonds. The summed E-state index contributed by atoms with van der Waals surface area (Å²) in [5.41, 5.74) is 0.821. The molecule has 1 aliphatic rings. The highest BCUT2D eigenvalue weighted by atomic mass is 32.2. The predicted octanol–water partition coefficient (Wildman–Crippen LogP) is 2.64. The van der Waals surface area contributed by atoms with E-state index in [1.54, 1.807) is 48.0 Å². The van der Waals surface area contributed by atoms with Gasteiger partial charge in [-0.15, -0.1) is 11.8 Å². The van der Waals surface area contributed by atoms with Gasteiger partial charge in [-0.3, -0.25) is 4.79 Å². The minimum absolute atomic E-state index is 0.144. The Kier molecular flexibility index (Phi) is 3.33. The SMILES string of the molecule is CN(C(=O)C1(C)CCCS1)c1ccc(O)cc1. The van der Waals surface area contributed by atoms with Gasteiger partial charge >= 0.3 is 0 Å². The Hall–Kier alpha value is -1.16. The molecule has 0 aliphatic carbocycles. The van der Waals surface area contributed by atoms with Gasteiger partial charge in [-0.2, -0.15) is 0 Å². The van der Waals surface area contributed by atoms with Crippen molar-refractivity contribution in [3.8, 4) is 5.75 Å². The summed E-state index contributed by atoms with van der Waals surface area (Å²) in [6.07, 6.45) is 2.05. The summed E-state index contributed by atoms with van der Waals surface area (Å²) in [5, 5.41) is 9.23. The molecule has 0 aromatic heterocycles. The number of carbonyl (C=O) groups is 1. The van der Waals surface area contributed by atoms with E-state index in [-0.39, 0.29) is 16.4 Å². The molecule has 1 unspecified atom stereocenters. The van der Waals surface area contributed by atoms with Crippen LogP contribution in [-0.4, -0.2) is 28.6 Å². The summed E-state index contributed by atoms with van der Waals surface area (Å²) in [4.78, 5) is 14.1. The van der Waals surface area contributed by atoms with Crippen molar-refractivity contribution in [2.45, 2.75) is 24.5 Å². The lowest BCUT2D eigenvalue weighted by atomic mass is 10.0. The van der Waals surface area contributed by atoms with Crippen LogP contribution in [0, 0.1) is 0 Å². The monoisotopic (exact) mass is 251 g/mol. The minimum atomic E-state index is -0.285. The van der Waals surface area contributed by atoms with E-state index in [4.69, 9.17) is 0 Å². The maximum Gasteiger partial charge on any atom is 0.242 e. The van der Waals surface area contributed by atoms with E-state index in [0.29, 0.717) is 0 Å². The van der Waals surface area contributed by atoms with E-state index in [0.717, 1.165) is 24.3 Å². The fourth-order valence-corrected chi connectivity index (χ4v) is 3.38. The summed E-state index contributed by atoms with van der Waals surface area (Å²) >= 11 is 1.74. The van der Waals surface area contributed by atoms with Gasteiger partial charge in [-0.25, -0.2) is 0 Å². The fraction of sp³-hybridized carbons (Fsp3) is 0.462. The molecule has 2 rings (SSSR count). The first-order chi connectivity index (χ1) is 8.03. The zero-order chi connectivity index (χ0) is 12.5. The Morgan fingerprint density at radius 2 is 2.06 bits per heavy atom. The number of nitrogens with zero attached hydrogens (tertiary/aromatic N) is 1. The van der Waals surface area contributed by atoms with Crippen molar-refractivity contribution in [1.82, 2.24) is 0 Å². The molecule has 3 nitrogen and oxygen atoms in total. The third-order valence-electron chi connectivity index (χ3n) is 3.21. The molecule has 1 saturated heterocycles. The van der Waals surface area contributed by atoms with Gasteiger partial charge in [0.25, 0.3) is 0 Å². The molecule has 0 radical (unpaired) electrons. The molecule has 1 N–H and O–H groups in total. The van der Waals surface area contributed by atoms with Gasteiger partial charge in [-0.05, 0) is 49.8 Å². The van der Waals surface area contributed by atoms with Crippen molar-refractivity contribution in [2.75, 3.05) is 17.7 Å². The zero-order valence-corrected chi connectivity index (χ0v) is 11.0. The average Bonchev–Trinajstić information content (AvgIpc) is 2.76. The molecule has 1 fully saturated rings. The highest BCUT2D eigenvalue weighted by molar-refractivity contribution is 8.01. The van der Waals surface area contributed by atoms with Crippen LogP contribution >= 0.6 is 11.8 Å². The van der Waals surface area contributed by atoms with Crippen molar-refractivity contribution in [2.24, 2.45) is 0 Å². The van der Waals surface area contributed by atoms with E-state index in [1.807, 2.05) is 6.92 Å². The van der Waals surface area contributed by atoms with Crippen LogP contribution in [0.5, 0.6) is 5.75 Å². The standard InChI is InChI=1S/C13H17NO2S/c1-13(8-3-9-17-13)12(16)14(2)10-4-6-11(15)7-5-10/h4-7,15H,3,8-9H2,1-2H3. The highest BCUT2D eigenvalue weighted by Crippen LogP contribution is 2.39. The third kappa shape index (κ3) is 2.41. The van der Waals surface area contributed by atoms with Gasteiger partial charge in [0.2, 0.25) is 5.91 Å². The molecule has 0 spiro atoms. The van der Waals surface area contributed by atoms with Gasteiger partial charge in [-0.1, -0.05) is 0 Å². The molecule has 0 bridgehead atoms. The quantitative estimate of drug-likeness (QED) is 0.878. The van der Waals surface area contributed by atoms with E-state index in [9.17, 15) is 9.90 Å². The number of carbonyl (C=O) groups excluding carboxylic acids is 1. The fourth-order valence-electron chi connectivity index (χ4n) is 2.10. The number of rotatable bonds is 2. The molecule has 1 heterocycles. The lowest BCUT2D eigenvalue weighted by Gasteiger charge is -2.28. The van der Waals surface area contributed by atoms with E-state index >= 15 is 0 Å². The molecular weight excluding hydrogens is 234 g/mol. The number of anilines is 1. The molecular formula is C13H17NO2S. The van der Waals surface area contributed by atoms with Crippen LogP contribution < -0.4 is 4.90 Å². The van der Waals surface area contributed by atoms with E-state index in [2.05, 4.69) is 0 Å². The summed E-state index contributed by atoms with van der Waals surface area (Å²) < 4.78 is -0.285. The van der Waals surface area contributed by atoms with Crippen molar-refractivity contribution in [3.63, 3.8) is 0 Å². The Morgan fingerprint density at radius 1 is 1.41 bits per heavy atom. The summed E-state index contributed by atoms with van der Waals surface area (Å²) in [6, 6.07) is 6.72. The average molecular weight is 251 g/mol. The molecule has 17 heavy (non-hydrogen) atoms. The summed E-state index contributed by atoms with van der Waals surface area (Å²) in [5.74, 6) is 1.42. The van der Waals surface area contributed by atoms with Crippen LogP contribution in [0.4, 0.5) is 5.69 Å². The minimum Gasteiger partial charge on any atom is -0.508 e. The maximum atomic E-state index is 12.4. The first-order valence-electron chi connectivity index (χ1n) is 5.74. The predicted molar refractivity (Wildman–Crippen MR) is 71.6 cm³/mol. The third-order valence-corrected chi connectivity index (χ3v) is 4.72. The molecule has 4 heteroatoms. The van der Waals surface area contributed by atoms with Gasteiger partial charge in [0, 0.05) is 12.7 Å². The molecule has 1 aliphatic heterocycles. The van der Waals surface area contributed by atoms with Gasteiger partial charge in [0.1, 0.15) is 5.75 Å². The second kappa shape index (κ2) is 4.61. The lowest BCUT2D eigenvalue weighted by molar-refractivity contribution is -0.120. The van der Waals surface area contributed by atoms with Crippen molar-refractivity contribution < 1.29 is 9.90 Å². The molecule has 92 valence electrons. The Balaban J connectivity index is 2.17. The second-order valence-corrected chi connectivity index (χ2v) is 6.16.